The molecule has 0 radical (unpaired) electrons. The number of hydrogen-bond donors (Lipinski definition) is 0. The zero-order chi connectivity index (χ0) is 62.7. The van der Waals surface area contributed by atoms with Crippen molar-refractivity contribution in [3.8, 4) is 44.5 Å². The van der Waals surface area contributed by atoms with Crippen molar-refractivity contribution in [2.24, 2.45) is 0 Å². The third-order valence-corrected chi connectivity index (χ3v) is 8.64. The molecule has 10 aromatic carbocycles. The van der Waals surface area contributed by atoms with Crippen molar-refractivity contribution >= 4 is 65.0 Å². The van der Waals surface area contributed by atoms with Crippen LogP contribution in [-0.2, 0) is 0 Å². The maximum atomic E-state index is 10.0. The normalized spacial score (nSPS) is 20.2. The summed E-state index contributed by atoms with van der Waals surface area (Å²) in [6.45, 7) is 0. The average Bonchev–Trinajstić information content (AvgIpc) is 1.11. The highest BCUT2D eigenvalue weighted by Crippen LogP contribution is 2.49. The van der Waals surface area contributed by atoms with Gasteiger partial charge in [0.1, 0.15) is 11.2 Å². The molecular formula is C52H32O. The number of hydrogen-bond acceptors (Lipinski definition) is 1. The van der Waals surface area contributed by atoms with Crippen LogP contribution in [0, 0.1) is 0 Å². The summed E-state index contributed by atoms with van der Waals surface area (Å²) in [5.74, 6) is 0. The van der Waals surface area contributed by atoms with E-state index >= 15 is 0 Å². The Kier molecular flexibility index (Phi) is 2.68. The SMILES string of the molecule is [2H]c1c([2H])c([2H])c(-c2c([2H])c([2H])c3c(oc4c([2H])c([2H])c(-c5c([2H])c([2H])c6c([2H])c([2H])c([2H])c([2H])c6c5-c5c6c([2H])c([2H])c([2H])c([2H])c6c(-c6c([2H])c([2H])c7c([2H])c([2H])c([2H])c([2H])c7c6[2H])c6c([2H])c([2H])c([2H])c([2H])c56)c([2H])c43)c2[2H])c([2H])c1[2H]. The lowest BCUT2D eigenvalue weighted by Crippen LogP contribution is -1.94. The molecule has 11 aromatic rings. The number of furan rings is 1. The van der Waals surface area contributed by atoms with Crippen LogP contribution in [0.4, 0.5) is 0 Å². The Morgan fingerprint density at radius 3 is 1.62 bits per heavy atom. The van der Waals surface area contributed by atoms with E-state index in [2.05, 4.69) is 0 Å². The molecule has 1 heterocycles. The lowest BCUT2D eigenvalue weighted by molar-refractivity contribution is 0.669. The third-order valence-electron chi connectivity index (χ3n) is 8.64. The summed E-state index contributed by atoms with van der Waals surface area (Å²) in [5, 5.41) is -7.74. The fourth-order valence-corrected chi connectivity index (χ4v) is 6.39. The molecule has 0 aliphatic rings. The summed E-state index contributed by atoms with van der Waals surface area (Å²) in [6.07, 6.45) is 0. The van der Waals surface area contributed by atoms with Gasteiger partial charge in [-0.2, -0.15) is 0 Å². The predicted octanol–water partition coefficient (Wildman–Crippen LogP) is 14.9. The predicted molar refractivity (Wildman–Crippen MR) is 225 cm³/mol. The Balaban J connectivity index is 1.45. The summed E-state index contributed by atoms with van der Waals surface area (Å²) in [7, 11) is 0. The van der Waals surface area contributed by atoms with E-state index in [0.29, 0.717) is 0 Å². The Hall–Kier alpha value is -6.96. The number of benzene rings is 10. The van der Waals surface area contributed by atoms with Crippen molar-refractivity contribution in [1.29, 1.82) is 0 Å². The van der Waals surface area contributed by atoms with Crippen LogP contribution >= 0.6 is 0 Å². The second-order valence-electron chi connectivity index (χ2n) is 11.5. The van der Waals surface area contributed by atoms with Gasteiger partial charge in [-0.3, -0.25) is 0 Å². The standard InChI is InChI=1S/C52H32O/c1-2-12-33(13-3-1)37-25-28-42-47-31-38(26-29-48(47)53-49(42)32-37)41-27-24-35-15-6-7-17-40(35)51(41)52-45-20-10-8-18-43(45)50(44-19-9-11-21-46(44)52)39-23-22-34-14-4-5-16-36(34)30-39/h1-32H/i1D,2D,3D,4D,5D,6D,7D,8D,9D,10D,11D,12D,13D,14D,15D,16D,17D,18D,19D,20D,21D,22D,23D,24D,25D,26D,27D,28D,29D,30D,31D,32D. The molecule has 246 valence electrons. The van der Waals surface area contributed by atoms with Crippen LogP contribution in [0.25, 0.3) is 110 Å². The summed E-state index contributed by atoms with van der Waals surface area (Å²) in [6, 6.07) is -32.0. The number of rotatable bonds is 4. The highest BCUT2D eigenvalue weighted by molar-refractivity contribution is 6.25. The van der Waals surface area contributed by atoms with E-state index < -0.39 is 303 Å². The lowest BCUT2D eigenvalue weighted by atomic mass is 9.81. The van der Waals surface area contributed by atoms with Gasteiger partial charge in [0.2, 0.25) is 0 Å². The minimum absolute atomic E-state index is 0.627. The molecule has 0 saturated carbocycles. The van der Waals surface area contributed by atoms with E-state index in [1.165, 1.54) is 0 Å². The van der Waals surface area contributed by atoms with Gasteiger partial charge in [-0.15, -0.1) is 0 Å². The van der Waals surface area contributed by atoms with Gasteiger partial charge in [-0.05, 0) is 118 Å². The largest absolute Gasteiger partial charge is 0.456 e. The Labute approximate surface area is 352 Å². The molecule has 0 bridgehead atoms. The van der Waals surface area contributed by atoms with Crippen molar-refractivity contribution in [2.45, 2.75) is 0 Å². The molecule has 0 aliphatic heterocycles. The van der Waals surface area contributed by atoms with Gasteiger partial charge in [0.15, 0.2) is 0 Å². The molecule has 1 aromatic heterocycles. The fraction of sp³-hybridized carbons (Fsp3) is 0. The van der Waals surface area contributed by atoms with E-state index in [9.17, 15) is 20.6 Å². The summed E-state index contributed by atoms with van der Waals surface area (Å²) < 4.78 is 298. The van der Waals surface area contributed by atoms with Gasteiger partial charge in [-0.1, -0.05) is 163 Å². The van der Waals surface area contributed by atoms with Crippen molar-refractivity contribution in [3.63, 3.8) is 0 Å². The Morgan fingerprint density at radius 2 is 0.868 bits per heavy atom. The molecule has 0 saturated heterocycles. The molecule has 0 spiro atoms. The highest BCUT2D eigenvalue weighted by atomic mass is 16.3. The van der Waals surface area contributed by atoms with Gasteiger partial charge >= 0.3 is 0 Å². The van der Waals surface area contributed by atoms with Gasteiger partial charge < -0.3 is 4.42 Å². The molecule has 0 atom stereocenters. The molecular weight excluding hydrogens is 641 g/mol. The molecule has 1 heteroatoms. The Bertz CT molecular complexity index is 4970. The fourth-order valence-electron chi connectivity index (χ4n) is 6.39. The zero-order valence-electron chi connectivity index (χ0n) is 58.4. The zero-order valence-corrected chi connectivity index (χ0v) is 26.4. The van der Waals surface area contributed by atoms with E-state index in [1.807, 2.05) is 0 Å². The van der Waals surface area contributed by atoms with Gasteiger partial charge in [0, 0.05) is 10.8 Å². The first kappa shape index (κ1) is 12.0. The molecule has 53 heavy (non-hydrogen) atoms. The summed E-state index contributed by atoms with van der Waals surface area (Å²) in [4.78, 5) is 0. The van der Waals surface area contributed by atoms with Gasteiger partial charge in [0.25, 0.3) is 0 Å². The second-order valence-corrected chi connectivity index (χ2v) is 11.5. The molecule has 0 N–H and O–H groups in total. The second kappa shape index (κ2) is 11.8. The van der Waals surface area contributed by atoms with E-state index in [-0.39, 0.29) is 0 Å². The van der Waals surface area contributed by atoms with Crippen LogP contribution in [0.2, 0.25) is 0 Å². The monoisotopic (exact) mass is 704 g/mol. The average molecular weight is 705 g/mol. The first-order valence-corrected chi connectivity index (χ1v) is 15.7. The van der Waals surface area contributed by atoms with Crippen molar-refractivity contribution < 1.29 is 48.3 Å². The maximum Gasteiger partial charge on any atom is 0.136 e. The minimum Gasteiger partial charge on any atom is -0.456 e. The molecule has 0 unspecified atom stereocenters. The highest BCUT2D eigenvalue weighted by Gasteiger charge is 2.21. The molecule has 0 amide bonds. The molecule has 1 nitrogen and oxygen atoms in total. The number of fused-ring (bicyclic) bond motifs is 7. The molecule has 11 rings (SSSR count). The molecule has 0 fully saturated rings. The Morgan fingerprint density at radius 1 is 0.283 bits per heavy atom. The smallest absolute Gasteiger partial charge is 0.136 e. The first-order chi connectivity index (χ1) is 39.6. The van der Waals surface area contributed by atoms with Crippen LogP contribution in [0.15, 0.2) is 198 Å². The van der Waals surface area contributed by atoms with E-state index in [4.69, 9.17) is 27.7 Å². The van der Waals surface area contributed by atoms with Crippen LogP contribution < -0.4 is 0 Å². The van der Waals surface area contributed by atoms with Crippen LogP contribution in [0.1, 0.15) is 43.9 Å². The summed E-state index contributed by atoms with van der Waals surface area (Å²) in [5.41, 5.74) is -8.26. The summed E-state index contributed by atoms with van der Waals surface area (Å²) >= 11 is 0. The van der Waals surface area contributed by atoms with E-state index in [1.54, 1.807) is 0 Å². The van der Waals surface area contributed by atoms with Crippen molar-refractivity contribution in [2.75, 3.05) is 0 Å². The quantitative estimate of drug-likeness (QED) is 0.166. The van der Waals surface area contributed by atoms with Crippen molar-refractivity contribution in [1.82, 2.24) is 0 Å². The first-order valence-electron chi connectivity index (χ1n) is 31.7. The maximum absolute atomic E-state index is 10.0. The third kappa shape index (κ3) is 4.71. The van der Waals surface area contributed by atoms with Crippen LogP contribution in [-0.4, -0.2) is 0 Å². The minimum atomic E-state index is -1.16. The van der Waals surface area contributed by atoms with Crippen LogP contribution in [0.5, 0.6) is 0 Å². The van der Waals surface area contributed by atoms with Crippen LogP contribution in [0.3, 0.4) is 0 Å². The topological polar surface area (TPSA) is 13.1 Å². The van der Waals surface area contributed by atoms with Crippen molar-refractivity contribution in [3.05, 3.63) is 193 Å². The van der Waals surface area contributed by atoms with Gasteiger partial charge in [-0.25, -0.2) is 0 Å². The lowest BCUT2D eigenvalue weighted by Gasteiger charge is -2.21. The molecule has 0 aliphatic carbocycles. The van der Waals surface area contributed by atoms with E-state index in [0.717, 1.165) is 0 Å². The van der Waals surface area contributed by atoms with Gasteiger partial charge in [0.05, 0.1) is 43.9 Å².